The van der Waals surface area contributed by atoms with Gasteiger partial charge in [-0.05, 0) is 24.8 Å². The number of nitrogens with one attached hydrogen (secondary N) is 1. The minimum atomic E-state index is 0.259. The van der Waals surface area contributed by atoms with Crippen LogP contribution in [-0.4, -0.2) is 37.0 Å². The van der Waals surface area contributed by atoms with Crippen molar-refractivity contribution in [2.45, 2.75) is 27.2 Å². The van der Waals surface area contributed by atoms with E-state index in [-0.39, 0.29) is 5.91 Å². The van der Waals surface area contributed by atoms with Crippen molar-refractivity contribution in [2.75, 3.05) is 26.2 Å². The molecule has 0 aliphatic carbocycles. The summed E-state index contributed by atoms with van der Waals surface area (Å²) in [5.41, 5.74) is 0. The Labute approximate surface area is 86.9 Å². The van der Waals surface area contributed by atoms with E-state index in [1.54, 1.807) is 0 Å². The van der Waals surface area contributed by atoms with Crippen LogP contribution in [0.3, 0.4) is 0 Å². The lowest BCUT2D eigenvalue weighted by molar-refractivity contribution is -0.129. The van der Waals surface area contributed by atoms with Gasteiger partial charge in [-0.2, -0.15) is 0 Å². The molecule has 0 radical (unpaired) electrons. The minimum Gasteiger partial charge on any atom is -0.341 e. The summed E-state index contributed by atoms with van der Waals surface area (Å²) in [5, 5.41) is 3.08. The molecule has 0 aromatic heterocycles. The highest BCUT2D eigenvalue weighted by atomic mass is 16.2. The van der Waals surface area contributed by atoms with Gasteiger partial charge in [0.25, 0.3) is 0 Å². The van der Waals surface area contributed by atoms with Crippen LogP contribution < -0.4 is 5.32 Å². The lowest BCUT2D eigenvalue weighted by Gasteiger charge is -2.18. The number of carbonyl (C=O) groups is 1. The van der Waals surface area contributed by atoms with Crippen LogP contribution in [0, 0.1) is 11.8 Å². The molecule has 1 unspecified atom stereocenters. The second-order valence-corrected chi connectivity index (χ2v) is 4.41. The van der Waals surface area contributed by atoms with Gasteiger partial charge in [0.2, 0.25) is 5.91 Å². The predicted molar refractivity (Wildman–Crippen MR) is 58.1 cm³/mol. The number of carbonyl (C=O) groups excluding carboxylic acids is 1. The summed E-state index contributed by atoms with van der Waals surface area (Å²) < 4.78 is 0. The quantitative estimate of drug-likeness (QED) is 0.733. The van der Waals surface area contributed by atoms with Crippen LogP contribution in [0.4, 0.5) is 0 Å². The number of nitrogens with zero attached hydrogens (tertiary/aromatic N) is 1. The van der Waals surface area contributed by atoms with Crippen molar-refractivity contribution in [3.63, 3.8) is 0 Å². The third-order valence-corrected chi connectivity index (χ3v) is 3.05. The molecule has 14 heavy (non-hydrogen) atoms. The number of hydrogen-bond acceptors (Lipinski definition) is 2. The SMILES string of the molecule is CCNCC(=O)N1CCC(C(C)C)C1. The first-order valence-corrected chi connectivity index (χ1v) is 5.63. The Morgan fingerprint density at radius 3 is 2.79 bits per heavy atom. The summed E-state index contributed by atoms with van der Waals surface area (Å²) in [7, 11) is 0. The van der Waals surface area contributed by atoms with E-state index in [4.69, 9.17) is 0 Å². The summed E-state index contributed by atoms with van der Waals surface area (Å²) in [5.74, 6) is 1.67. The molecule has 1 aliphatic rings. The molecule has 1 rings (SSSR count). The number of amides is 1. The maximum Gasteiger partial charge on any atom is 0.236 e. The first-order chi connectivity index (χ1) is 6.65. The van der Waals surface area contributed by atoms with Gasteiger partial charge in [-0.25, -0.2) is 0 Å². The molecule has 0 spiro atoms. The van der Waals surface area contributed by atoms with E-state index < -0.39 is 0 Å². The fourth-order valence-corrected chi connectivity index (χ4v) is 1.90. The molecule has 3 nitrogen and oxygen atoms in total. The highest BCUT2D eigenvalue weighted by Gasteiger charge is 2.27. The number of hydrogen-bond donors (Lipinski definition) is 1. The molecule has 1 saturated heterocycles. The zero-order valence-electron chi connectivity index (χ0n) is 9.55. The lowest BCUT2D eigenvalue weighted by Crippen LogP contribution is -2.36. The van der Waals surface area contributed by atoms with Crippen LogP contribution in [0.2, 0.25) is 0 Å². The molecule has 0 aromatic rings. The second kappa shape index (κ2) is 5.35. The van der Waals surface area contributed by atoms with Crippen molar-refractivity contribution in [3.8, 4) is 0 Å². The molecule has 1 N–H and O–H groups in total. The first kappa shape index (κ1) is 11.5. The van der Waals surface area contributed by atoms with Crippen molar-refractivity contribution in [3.05, 3.63) is 0 Å². The Bertz CT molecular complexity index is 192. The van der Waals surface area contributed by atoms with E-state index in [2.05, 4.69) is 19.2 Å². The summed E-state index contributed by atoms with van der Waals surface area (Å²) in [6.07, 6.45) is 1.18. The van der Waals surface area contributed by atoms with Crippen molar-refractivity contribution in [1.29, 1.82) is 0 Å². The summed E-state index contributed by atoms with van der Waals surface area (Å²) in [4.78, 5) is 13.6. The summed E-state index contributed by atoms with van der Waals surface area (Å²) in [6, 6.07) is 0. The predicted octanol–water partition coefficient (Wildman–Crippen LogP) is 1.10. The van der Waals surface area contributed by atoms with Crippen molar-refractivity contribution < 1.29 is 4.79 Å². The Morgan fingerprint density at radius 2 is 2.29 bits per heavy atom. The standard InChI is InChI=1S/C11H22N2O/c1-4-12-7-11(14)13-6-5-10(8-13)9(2)3/h9-10,12H,4-8H2,1-3H3. The average molecular weight is 198 g/mol. The topological polar surface area (TPSA) is 32.3 Å². The molecule has 82 valence electrons. The van der Waals surface area contributed by atoms with Gasteiger partial charge in [0.05, 0.1) is 6.54 Å². The second-order valence-electron chi connectivity index (χ2n) is 4.41. The molecule has 0 bridgehead atoms. The molecule has 1 aliphatic heterocycles. The molecular formula is C11H22N2O. The van der Waals surface area contributed by atoms with Crippen LogP contribution in [0.1, 0.15) is 27.2 Å². The van der Waals surface area contributed by atoms with Crippen LogP contribution in [0.25, 0.3) is 0 Å². The Hall–Kier alpha value is -0.570. The van der Waals surface area contributed by atoms with Gasteiger partial charge in [0, 0.05) is 13.1 Å². The first-order valence-electron chi connectivity index (χ1n) is 5.63. The summed E-state index contributed by atoms with van der Waals surface area (Å²) in [6.45, 7) is 9.78. The molecule has 1 amide bonds. The maximum atomic E-state index is 11.6. The molecule has 3 heteroatoms. The minimum absolute atomic E-state index is 0.259. The van der Waals surface area contributed by atoms with Crippen LogP contribution in [0.15, 0.2) is 0 Å². The molecule has 1 fully saturated rings. The van der Waals surface area contributed by atoms with Gasteiger partial charge >= 0.3 is 0 Å². The molecule has 1 heterocycles. The van der Waals surface area contributed by atoms with Gasteiger partial charge in [0.15, 0.2) is 0 Å². The Balaban J connectivity index is 2.30. The van der Waals surface area contributed by atoms with E-state index in [9.17, 15) is 4.79 Å². The number of likely N-dealkylation sites (N-methyl/N-ethyl adjacent to an activating group) is 1. The highest BCUT2D eigenvalue weighted by Crippen LogP contribution is 2.23. The molecule has 0 aromatic carbocycles. The zero-order valence-corrected chi connectivity index (χ0v) is 9.55. The van der Waals surface area contributed by atoms with Gasteiger partial charge in [-0.1, -0.05) is 20.8 Å². The molecule has 1 atom stereocenters. The van der Waals surface area contributed by atoms with E-state index in [1.165, 1.54) is 6.42 Å². The third kappa shape index (κ3) is 2.98. The smallest absolute Gasteiger partial charge is 0.236 e. The van der Waals surface area contributed by atoms with Crippen LogP contribution in [0.5, 0.6) is 0 Å². The maximum absolute atomic E-state index is 11.6. The highest BCUT2D eigenvalue weighted by molar-refractivity contribution is 5.78. The van der Waals surface area contributed by atoms with Crippen LogP contribution in [-0.2, 0) is 4.79 Å². The van der Waals surface area contributed by atoms with E-state index in [0.717, 1.165) is 19.6 Å². The average Bonchev–Trinajstić information content (AvgIpc) is 2.62. The normalized spacial score (nSPS) is 22.0. The Morgan fingerprint density at radius 1 is 1.57 bits per heavy atom. The van der Waals surface area contributed by atoms with Crippen molar-refractivity contribution in [1.82, 2.24) is 10.2 Å². The summed E-state index contributed by atoms with van der Waals surface area (Å²) >= 11 is 0. The molecule has 0 saturated carbocycles. The van der Waals surface area contributed by atoms with Gasteiger partial charge in [-0.15, -0.1) is 0 Å². The molecular weight excluding hydrogens is 176 g/mol. The van der Waals surface area contributed by atoms with Crippen molar-refractivity contribution in [2.24, 2.45) is 11.8 Å². The van der Waals surface area contributed by atoms with Gasteiger partial charge in [0.1, 0.15) is 0 Å². The fraction of sp³-hybridized carbons (Fsp3) is 0.909. The largest absolute Gasteiger partial charge is 0.341 e. The zero-order chi connectivity index (χ0) is 10.6. The van der Waals surface area contributed by atoms with Crippen LogP contribution >= 0.6 is 0 Å². The Kier molecular flexibility index (Phi) is 4.39. The fourth-order valence-electron chi connectivity index (χ4n) is 1.90. The monoisotopic (exact) mass is 198 g/mol. The van der Waals surface area contributed by atoms with E-state index >= 15 is 0 Å². The van der Waals surface area contributed by atoms with E-state index in [1.807, 2.05) is 11.8 Å². The number of likely N-dealkylation sites (tertiary alicyclic amines) is 1. The lowest BCUT2D eigenvalue weighted by atomic mass is 9.95. The van der Waals surface area contributed by atoms with Gasteiger partial charge < -0.3 is 10.2 Å². The van der Waals surface area contributed by atoms with E-state index in [0.29, 0.717) is 18.4 Å². The number of rotatable bonds is 4. The van der Waals surface area contributed by atoms with Crippen molar-refractivity contribution >= 4 is 5.91 Å². The third-order valence-electron chi connectivity index (χ3n) is 3.05. The van der Waals surface area contributed by atoms with Gasteiger partial charge in [-0.3, -0.25) is 4.79 Å².